The van der Waals surface area contributed by atoms with Gasteiger partial charge in [-0.15, -0.1) is 0 Å². The molecule has 2 fully saturated rings. The van der Waals surface area contributed by atoms with Gasteiger partial charge in [0.1, 0.15) is 6.61 Å². The van der Waals surface area contributed by atoms with Crippen molar-refractivity contribution < 1.29 is 17.9 Å². The lowest BCUT2D eigenvalue weighted by molar-refractivity contribution is 0.102. The van der Waals surface area contributed by atoms with Gasteiger partial charge >= 0.3 is 6.09 Å². The highest BCUT2D eigenvalue weighted by Gasteiger charge is 2.45. The third-order valence-corrected chi connectivity index (χ3v) is 5.80. The third kappa shape index (κ3) is 4.61. The molecular weight excluding hydrogens is 338 g/mol. The van der Waals surface area contributed by atoms with E-state index in [4.69, 9.17) is 15.4 Å². The van der Waals surface area contributed by atoms with Crippen molar-refractivity contribution >= 4 is 25.8 Å². The summed E-state index contributed by atoms with van der Waals surface area (Å²) in [4.78, 5) is 13.9. The molecule has 1 heterocycles. The highest BCUT2D eigenvalue weighted by Crippen LogP contribution is 2.44. The smallest absolute Gasteiger partial charge is 0.410 e. The van der Waals surface area contributed by atoms with Crippen LogP contribution in [0.15, 0.2) is 30.3 Å². The van der Waals surface area contributed by atoms with Crippen LogP contribution in [0.25, 0.3) is 0 Å². The number of rotatable bonds is 5. The van der Waals surface area contributed by atoms with Crippen LogP contribution >= 0.6 is 10.7 Å². The Morgan fingerprint density at radius 2 is 1.91 bits per heavy atom. The molecule has 1 aromatic rings. The van der Waals surface area contributed by atoms with Gasteiger partial charge in [-0.25, -0.2) is 13.2 Å². The zero-order chi connectivity index (χ0) is 16.4. The summed E-state index contributed by atoms with van der Waals surface area (Å²) < 4.78 is 28.1. The van der Waals surface area contributed by atoms with Crippen molar-refractivity contribution in [3.05, 3.63) is 35.9 Å². The molecule has 7 heteroatoms. The Morgan fingerprint density at radius 1 is 1.22 bits per heavy atom. The number of benzene rings is 1. The fourth-order valence-corrected chi connectivity index (χ4v) is 4.70. The number of likely N-dealkylation sites (tertiary alicyclic amines) is 1. The fourth-order valence-electron chi connectivity index (χ4n) is 3.35. The van der Waals surface area contributed by atoms with Gasteiger partial charge in [-0.05, 0) is 36.2 Å². The van der Waals surface area contributed by atoms with Crippen LogP contribution in [0, 0.1) is 17.8 Å². The Kier molecular flexibility index (Phi) is 4.82. The first-order valence-corrected chi connectivity index (χ1v) is 10.3. The van der Waals surface area contributed by atoms with Crippen LogP contribution in [0.4, 0.5) is 4.79 Å². The molecule has 3 rings (SSSR count). The summed E-state index contributed by atoms with van der Waals surface area (Å²) in [6, 6.07) is 9.48. The fraction of sp³-hybridized carbons (Fsp3) is 0.562. The number of amides is 1. The van der Waals surface area contributed by atoms with E-state index in [0.717, 1.165) is 18.4 Å². The van der Waals surface area contributed by atoms with Gasteiger partial charge in [0.25, 0.3) is 0 Å². The standard InChI is InChI=1S/C16H20ClNO4S/c17-23(20,21)11-14-8-18(9-15(14)13-6-7-13)16(19)22-10-12-4-2-1-3-5-12/h1-5,13-15H,6-11H2. The quantitative estimate of drug-likeness (QED) is 0.760. The molecule has 1 aromatic carbocycles. The zero-order valence-electron chi connectivity index (χ0n) is 12.7. The first-order chi connectivity index (χ1) is 10.9. The molecule has 1 amide bonds. The van der Waals surface area contributed by atoms with E-state index in [1.165, 1.54) is 0 Å². The average molecular weight is 358 g/mol. The van der Waals surface area contributed by atoms with E-state index in [9.17, 15) is 13.2 Å². The Bertz CT molecular complexity index is 660. The molecule has 1 aliphatic carbocycles. The predicted octanol–water partition coefficient (Wildman–Crippen LogP) is 2.85. The summed E-state index contributed by atoms with van der Waals surface area (Å²) in [6.07, 6.45) is 1.83. The van der Waals surface area contributed by atoms with E-state index in [-0.39, 0.29) is 30.3 Å². The molecule has 23 heavy (non-hydrogen) atoms. The molecule has 2 aliphatic rings. The molecule has 5 nitrogen and oxygen atoms in total. The van der Waals surface area contributed by atoms with Crippen molar-refractivity contribution in [2.24, 2.45) is 17.8 Å². The second kappa shape index (κ2) is 6.69. The summed E-state index contributed by atoms with van der Waals surface area (Å²) in [5.74, 6) is 0.575. The minimum Gasteiger partial charge on any atom is -0.445 e. The molecule has 0 radical (unpaired) electrons. The van der Waals surface area contributed by atoms with Gasteiger partial charge in [0.15, 0.2) is 0 Å². The minimum absolute atomic E-state index is 0.0712. The third-order valence-electron chi connectivity index (χ3n) is 4.60. The van der Waals surface area contributed by atoms with Crippen molar-refractivity contribution in [3.8, 4) is 0 Å². The van der Waals surface area contributed by atoms with Crippen LogP contribution in [-0.2, 0) is 20.4 Å². The number of ether oxygens (including phenoxy) is 1. The molecule has 2 atom stereocenters. The monoisotopic (exact) mass is 357 g/mol. The lowest BCUT2D eigenvalue weighted by Crippen LogP contribution is -2.30. The number of nitrogens with zero attached hydrogens (tertiary/aromatic N) is 1. The van der Waals surface area contributed by atoms with Crippen LogP contribution < -0.4 is 0 Å². The van der Waals surface area contributed by atoms with E-state index in [1.807, 2.05) is 30.3 Å². The molecule has 0 spiro atoms. The second-order valence-corrected chi connectivity index (χ2v) is 9.23. The first-order valence-electron chi connectivity index (χ1n) is 7.80. The van der Waals surface area contributed by atoms with E-state index in [0.29, 0.717) is 19.0 Å². The normalized spacial score (nSPS) is 24.7. The minimum atomic E-state index is -3.56. The molecule has 126 valence electrons. The van der Waals surface area contributed by atoms with Gasteiger partial charge in [-0.1, -0.05) is 30.3 Å². The molecule has 1 saturated carbocycles. The van der Waals surface area contributed by atoms with Crippen molar-refractivity contribution in [2.75, 3.05) is 18.8 Å². The maximum atomic E-state index is 12.2. The van der Waals surface area contributed by atoms with Gasteiger partial charge in [-0.3, -0.25) is 0 Å². The highest BCUT2D eigenvalue weighted by atomic mass is 35.7. The molecule has 0 aromatic heterocycles. The molecule has 0 N–H and O–H groups in total. The highest BCUT2D eigenvalue weighted by molar-refractivity contribution is 8.13. The largest absolute Gasteiger partial charge is 0.445 e. The Morgan fingerprint density at radius 3 is 2.52 bits per heavy atom. The second-order valence-electron chi connectivity index (χ2n) is 6.41. The molecule has 1 aliphatic heterocycles. The average Bonchev–Trinajstić information content (AvgIpc) is 3.26. The predicted molar refractivity (Wildman–Crippen MR) is 87.5 cm³/mol. The van der Waals surface area contributed by atoms with Gasteiger partial charge in [0.2, 0.25) is 9.05 Å². The van der Waals surface area contributed by atoms with Gasteiger partial charge in [0, 0.05) is 23.8 Å². The van der Waals surface area contributed by atoms with E-state index < -0.39 is 9.05 Å². The van der Waals surface area contributed by atoms with E-state index >= 15 is 0 Å². The SMILES string of the molecule is O=C(OCc1ccccc1)N1CC(CS(=O)(=O)Cl)C(C2CC2)C1. The van der Waals surface area contributed by atoms with Crippen LogP contribution in [0.2, 0.25) is 0 Å². The molecule has 2 unspecified atom stereocenters. The van der Waals surface area contributed by atoms with E-state index in [2.05, 4.69) is 0 Å². The summed E-state index contributed by atoms with van der Waals surface area (Å²) in [7, 11) is 1.85. The lowest BCUT2D eigenvalue weighted by atomic mass is 9.93. The number of hydrogen-bond acceptors (Lipinski definition) is 4. The molecule has 0 bridgehead atoms. The van der Waals surface area contributed by atoms with Crippen molar-refractivity contribution in [1.29, 1.82) is 0 Å². The van der Waals surface area contributed by atoms with Crippen molar-refractivity contribution in [1.82, 2.24) is 4.90 Å². The summed E-state index contributed by atoms with van der Waals surface area (Å²) in [5, 5.41) is 0. The number of hydrogen-bond donors (Lipinski definition) is 0. The Balaban J connectivity index is 1.58. The number of halogens is 1. The maximum absolute atomic E-state index is 12.2. The van der Waals surface area contributed by atoms with Gasteiger partial charge < -0.3 is 9.64 Å². The van der Waals surface area contributed by atoms with Gasteiger partial charge in [-0.2, -0.15) is 0 Å². The van der Waals surface area contributed by atoms with Crippen LogP contribution in [0.3, 0.4) is 0 Å². The summed E-state index contributed by atoms with van der Waals surface area (Å²) in [6.45, 7) is 1.19. The lowest BCUT2D eigenvalue weighted by Gasteiger charge is -2.16. The van der Waals surface area contributed by atoms with E-state index in [1.54, 1.807) is 4.90 Å². The van der Waals surface area contributed by atoms with Crippen LogP contribution in [0.1, 0.15) is 18.4 Å². The molecular formula is C16H20ClNO4S. The van der Waals surface area contributed by atoms with Gasteiger partial charge in [0.05, 0.1) is 5.75 Å². The topological polar surface area (TPSA) is 63.7 Å². The van der Waals surface area contributed by atoms with Crippen molar-refractivity contribution in [3.63, 3.8) is 0 Å². The summed E-state index contributed by atoms with van der Waals surface area (Å²) in [5.41, 5.74) is 0.929. The van der Waals surface area contributed by atoms with Crippen molar-refractivity contribution in [2.45, 2.75) is 19.4 Å². The number of carbonyl (C=O) groups is 1. The number of carbonyl (C=O) groups excluding carboxylic acids is 1. The van der Waals surface area contributed by atoms with Crippen LogP contribution in [0.5, 0.6) is 0 Å². The molecule has 1 saturated heterocycles. The Hall–Kier alpha value is -1.27. The first kappa shape index (κ1) is 16.6. The maximum Gasteiger partial charge on any atom is 0.410 e. The van der Waals surface area contributed by atoms with Crippen LogP contribution in [-0.4, -0.2) is 38.3 Å². The zero-order valence-corrected chi connectivity index (χ0v) is 14.3. The Labute approximate surface area is 141 Å². The summed E-state index contributed by atoms with van der Waals surface area (Å²) >= 11 is 0.